The molecule has 2 rings (SSSR count). The van der Waals surface area contributed by atoms with Gasteiger partial charge in [-0.2, -0.15) is 5.26 Å². The van der Waals surface area contributed by atoms with Crippen molar-refractivity contribution in [2.75, 3.05) is 6.54 Å². The van der Waals surface area contributed by atoms with Crippen molar-refractivity contribution in [3.8, 4) is 6.07 Å². The first-order valence-electron chi connectivity index (χ1n) is 8.52. The Bertz CT molecular complexity index is 745. The average Bonchev–Trinajstić information content (AvgIpc) is 2.59. The Labute approximate surface area is 145 Å². The molecule has 0 aromatic heterocycles. The summed E-state index contributed by atoms with van der Waals surface area (Å²) in [6.45, 7) is 5.98. The van der Waals surface area contributed by atoms with Gasteiger partial charge in [0, 0.05) is 6.54 Å². The van der Waals surface area contributed by atoms with Gasteiger partial charge < -0.3 is 0 Å². The van der Waals surface area contributed by atoms with Crippen LogP contribution in [0.5, 0.6) is 0 Å². The zero-order valence-electron chi connectivity index (χ0n) is 14.6. The van der Waals surface area contributed by atoms with Gasteiger partial charge in [0.1, 0.15) is 0 Å². The molecule has 5 heteroatoms. The molecule has 1 N–H and O–H groups in total. The number of allylic oxidation sites excluding steroid dienone is 2. The highest BCUT2D eigenvalue weighted by atomic mass is 32.2. The Kier molecular flexibility index (Phi) is 6.20. The molecule has 0 heterocycles. The first-order chi connectivity index (χ1) is 11.3. The molecule has 130 valence electrons. The fourth-order valence-corrected chi connectivity index (χ4v) is 3.89. The van der Waals surface area contributed by atoms with E-state index in [1.807, 2.05) is 24.3 Å². The van der Waals surface area contributed by atoms with E-state index in [1.54, 1.807) is 13.8 Å². The maximum absolute atomic E-state index is 11.9. The fraction of sp³-hybridized carbons (Fsp3) is 0.526. The van der Waals surface area contributed by atoms with Gasteiger partial charge in [0.2, 0.25) is 10.0 Å². The minimum Gasteiger partial charge on any atom is -0.215 e. The van der Waals surface area contributed by atoms with Gasteiger partial charge >= 0.3 is 0 Å². The standard InChI is InChI=1S/C19H26N2O2S/c1-14(2)24(22,23)21-13-15(3)16-8-10-17(11-9-16)19-7-5-4-6-18(19)12-20/h4-7,10,14-16,21H,8-9,11,13H2,1-3H3. The first kappa shape index (κ1) is 18.7. The molecule has 0 radical (unpaired) electrons. The summed E-state index contributed by atoms with van der Waals surface area (Å²) in [6, 6.07) is 9.97. The van der Waals surface area contributed by atoms with E-state index in [0.29, 0.717) is 18.4 Å². The van der Waals surface area contributed by atoms with Gasteiger partial charge in [0.15, 0.2) is 0 Å². The first-order valence-corrected chi connectivity index (χ1v) is 10.1. The number of nitrogens with one attached hydrogen (secondary N) is 1. The molecule has 4 nitrogen and oxygen atoms in total. The van der Waals surface area contributed by atoms with Crippen LogP contribution in [0, 0.1) is 23.2 Å². The molecule has 2 unspecified atom stereocenters. The molecule has 1 aliphatic carbocycles. The van der Waals surface area contributed by atoms with Gasteiger partial charge in [-0.1, -0.05) is 31.2 Å². The molecular weight excluding hydrogens is 320 g/mol. The highest BCUT2D eigenvalue weighted by molar-refractivity contribution is 7.90. The van der Waals surface area contributed by atoms with E-state index < -0.39 is 15.3 Å². The summed E-state index contributed by atoms with van der Waals surface area (Å²) in [5, 5.41) is 8.84. The van der Waals surface area contributed by atoms with Crippen LogP contribution < -0.4 is 4.72 Å². The third-order valence-electron chi connectivity index (χ3n) is 4.88. The summed E-state index contributed by atoms with van der Waals surface area (Å²) in [4.78, 5) is 0. The number of sulfonamides is 1. The van der Waals surface area contributed by atoms with Crippen molar-refractivity contribution in [2.24, 2.45) is 11.8 Å². The average molecular weight is 346 g/mol. The van der Waals surface area contributed by atoms with Gasteiger partial charge in [-0.15, -0.1) is 0 Å². The number of nitrogens with zero attached hydrogens (tertiary/aromatic N) is 1. The topological polar surface area (TPSA) is 70.0 Å². The predicted molar refractivity (Wildman–Crippen MR) is 97.7 cm³/mol. The second-order valence-corrected chi connectivity index (χ2v) is 9.16. The molecule has 0 saturated heterocycles. The summed E-state index contributed by atoms with van der Waals surface area (Å²) in [7, 11) is -3.20. The van der Waals surface area contributed by atoms with Crippen LogP contribution >= 0.6 is 0 Å². The third-order valence-corrected chi connectivity index (χ3v) is 6.69. The van der Waals surface area contributed by atoms with E-state index in [2.05, 4.69) is 23.8 Å². The van der Waals surface area contributed by atoms with Crippen molar-refractivity contribution in [3.63, 3.8) is 0 Å². The molecular formula is C19H26N2O2S. The van der Waals surface area contributed by atoms with E-state index in [0.717, 1.165) is 30.4 Å². The molecule has 0 saturated carbocycles. The van der Waals surface area contributed by atoms with Crippen LogP contribution in [-0.2, 0) is 10.0 Å². The van der Waals surface area contributed by atoms with Crippen molar-refractivity contribution in [1.82, 2.24) is 4.72 Å². The number of hydrogen-bond donors (Lipinski definition) is 1. The summed E-state index contributed by atoms with van der Waals surface area (Å²) >= 11 is 0. The second-order valence-electron chi connectivity index (χ2n) is 6.84. The Morgan fingerprint density at radius 1 is 1.29 bits per heavy atom. The zero-order valence-corrected chi connectivity index (χ0v) is 15.4. The molecule has 0 spiro atoms. The van der Waals surface area contributed by atoms with E-state index in [4.69, 9.17) is 0 Å². The van der Waals surface area contributed by atoms with Crippen LogP contribution in [0.1, 0.15) is 51.2 Å². The van der Waals surface area contributed by atoms with E-state index in [-0.39, 0.29) is 0 Å². The molecule has 0 fully saturated rings. The largest absolute Gasteiger partial charge is 0.215 e. The van der Waals surface area contributed by atoms with Crippen LogP contribution in [0.2, 0.25) is 0 Å². The lowest BCUT2D eigenvalue weighted by molar-refractivity contribution is 0.334. The summed E-state index contributed by atoms with van der Waals surface area (Å²) in [6.07, 6.45) is 5.11. The molecule has 0 aliphatic heterocycles. The van der Waals surface area contributed by atoms with Crippen molar-refractivity contribution in [1.29, 1.82) is 5.26 Å². The molecule has 2 atom stereocenters. The lowest BCUT2D eigenvalue weighted by Crippen LogP contribution is -2.36. The van der Waals surface area contributed by atoms with E-state index >= 15 is 0 Å². The molecule has 1 aromatic rings. The van der Waals surface area contributed by atoms with Crippen LogP contribution in [0.4, 0.5) is 0 Å². The lowest BCUT2D eigenvalue weighted by atomic mass is 9.79. The van der Waals surface area contributed by atoms with Crippen molar-refractivity contribution < 1.29 is 8.42 Å². The highest BCUT2D eigenvalue weighted by Gasteiger charge is 2.24. The van der Waals surface area contributed by atoms with Crippen LogP contribution in [0.3, 0.4) is 0 Å². The van der Waals surface area contributed by atoms with Crippen LogP contribution in [0.15, 0.2) is 30.3 Å². The van der Waals surface area contributed by atoms with E-state index in [9.17, 15) is 13.7 Å². The summed E-state index contributed by atoms with van der Waals surface area (Å²) < 4.78 is 26.5. The number of rotatable bonds is 6. The fourth-order valence-electron chi connectivity index (χ4n) is 3.06. The lowest BCUT2D eigenvalue weighted by Gasteiger charge is -2.28. The molecule has 0 bridgehead atoms. The number of hydrogen-bond acceptors (Lipinski definition) is 3. The second kappa shape index (κ2) is 7.96. The maximum Gasteiger partial charge on any atom is 0.213 e. The highest BCUT2D eigenvalue weighted by Crippen LogP contribution is 2.34. The minimum absolute atomic E-state index is 0.294. The predicted octanol–water partition coefficient (Wildman–Crippen LogP) is 3.71. The van der Waals surface area contributed by atoms with Crippen molar-refractivity contribution in [2.45, 2.75) is 45.3 Å². The molecule has 0 amide bonds. The van der Waals surface area contributed by atoms with Crippen LogP contribution in [0.25, 0.3) is 5.57 Å². The van der Waals surface area contributed by atoms with Gasteiger partial charge in [-0.05, 0) is 62.1 Å². The molecule has 1 aromatic carbocycles. The SMILES string of the molecule is CC(CNS(=O)(=O)C(C)C)C1CC=C(c2ccccc2C#N)CC1. The van der Waals surface area contributed by atoms with Gasteiger partial charge in [0.05, 0.1) is 16.9 Å². The smallest absolute Gasteiger partial charge is 0.213 e. The Morgan fingerprint density at radius 3 is 2.58 bits per heavy atom. The molecule has 24 heavy (non-hydrogen) atoms. The maximum atomic E-state index is 11.9. The van der Waals surface area contributed by atoms with Crippen molar-refractivity contribution >= 4 is 15.6 Å². The Balaban J connectivity index is 1.99. The quantitative estimate of drug-likeness (QED) is 0.853. The van der Waals surface area contributed by atoms with Gasteiger partial charge in [-0.3, -0.25) is 0 Å². The van der Waals surface area contributed by atoms with E-state index in [1.165, 1.54) is 5.57 Å². The Hall–Kier alpha value is -1.64. The Morgan fingerprint density at radius 2 is 2.00 bits per heavy atom. The normalized spacial score (nSPS) is 19.6. The van der Waals surface area contributed by atoms with Gasteiger partial charge in [-0.25, -0.2) is 13.1 Å². The molecule has 1 aliphatic rings. The summed E-state index contributed by atoms with van der Waals surface area (Å²) in [5.41, 5.74) is 2.99. The zero-order chi connectivity index (χ0) is 17.7. The number of nitriles is 1. The van der Waals surface area contributed by atoms with Crippen molar-refractivity contribution in [3.05, 3.63) is 41.5 Å². The number of benzene rings is 1. The minimum atomic E-state index is -3.20. The van der Waals surface area contributed by atoms with Gasteiger partial charge in [0.25, 0.3) is 0 Å². The summed E-state index contributed by atoms with van der Waals surface area (Å²) in [5.74, 6) is 0.764. The third kappa shape index (κ3) is 4.46. The monoisotopic (exact) mass is 346 g/mol. The van der Waals surface area contributed by atoms with Crippen LogP contribution in [-0.4, -0.2) is 20.2 Å².